The monoisotopic (exact) mass is 268 g/mol. The maximum absolute atomic E-state index is 4.16. The summed E-state index contributed by atoms with van der Waals surface area (Å²) in [5.74, 6) is 0.833. The summed E-state index contributed by atoms with van der Waals surface area (Å²) in [7, 11) is 0. The highest BCUT2D eigenvalue weighted by Crippen LogP contribution is 2.22. The van der Waals surface area contributed by atoms with Gasteiger partial charge in [-0.25, -0.2) is 0 Å². The van der Waals surface area contributed by atoms with E-state index in [1.807, 2.05) is 47.2 Å². The van der Waals surface area contributed by atoms with E-state index in [-0.39, 0.29) is 0 Å². The van der Waals surface area contributed by atoms with Crippen LogP contribution in [0.3, 0.4) is 0 Å². The molecule has 4 nitrogen and oxygen atoms in total. The van der Waals surface area contributed by atoms with Gasteiger partial charge < -0.3 is 0 Å². The number of para-hydroxylation sites is 1. The largest absolute Gasteiger partial charge is 0.277 e. The van der Waals surface area contributed by atoms with E-state index in [1.165, 1.54) is 5.56 Å². The van der Waals surface area contributed by atoms with Gasteiger partial charge in [-0.15, -0.1) is 10.2 Å². The standard InChI is InChI=1S/C14H12N4S/c1-2-6-13(7-3-1)18-11-16-17-14(18)19-10-12-5-4-8-15-9-12/h1-9,11H,10H2. The summed E-state index contributed by atoms with van der Waals surface area (Å²) in [6.07, 6.45) is 5.39. The molecule has 0 unspecified atom stereocenters. The highest BCUT2D eigenvalue weighted by atomic mass is 32.2. The van der Waals surface area contributed by atoms with Crippen LogP contribution in [0.25, 0.3) is 5.69 Å². The number of benzene rings is 1. The SMILES string of the molecule is c1ccc(-n2cnnc2SCc2cccnc2)cc1. The second-order valence-electron chi connectivity index (χ2n) is 3.97. The van der Waals surface area contributed by atoms with Crippen molar-refractivity contribution in [3.63, 3.8) is 0 Å². The van der Waals surface area contributed by atoms with Crippen molar-refractivity contribution in [3.05, 3.63) is 66.7 Å². The predicted molar refractivity (Wildman–Crippen MR) is 75.2 cm³/mol. The van der Waals surface area contributed by atoms with Gasteiger partial charge in [0.2, 0.25) is 0 Å². The smallest absolute Gasteiger partial charge is 0.195 e. The van der Waals surface area contributed by atoms with Crippen molar-refractivity contribution in [1.29, 1.82) is 0 Å². The van der Waals surface area contributed by atoms with Crippen LogP contribution in [0.15, 0.2) is 66.3 Å². The van der Waals surface area contributed by atoms with Gasteiger partial charge in [0.1, 0.15) is 6.33 Å². The number of hydrogen-bond donors (Lipinski definition) is 0. The van der Waals surface area contributed by atoms with Crippen LogP contribution in [0.2, 0.25) is 0 Å². The molecule has 0 N–H and O–H groups in total. The summed E-state index contributed by atoms with van der Waals surface area (Å²) in [4.78, 5) is 4.11. The van der Waals surface area contributed by atoms with Gasteiger partial charge >= 0.3 is 0 Å². The molecule has 0 saturated carbocycles. The molecule has 3 rings (SSSR count). The van der Waals surface area contributed by atoms with Gasteiger partial charge in [0.15, 0.2) is 5.16 Å². The molecule has 0 aliphatic carbocycles. The highest BCUT2D eigenvalue weighted by Gasteiger charge is 2.06. The van der Waals surface area contributed by atoms with E-state index in [9.17, 15) is 0 Å². The molecule has 0 saturated heterocycles. The van der Waals surface area contributed by atoms with Gasteiger partial charge in [-0.2, -0.15) is 0 Å². The number of pyridine rings is 1. The van der Waals surface area contributed by atoms with Gasteiger partial charge in [0.25, 0.3) is 0 Å². The lowest BCUT2D eigenvalue weighted by molar-refractivity contribution is 0.883. The first-order chi connectivity index (χ1) is 9.43. The molecule has 2 aromatic heterocycles. The van der Waals surface area contributed by atoms with E-state index in [0.717, 1.165) is 16.6 Å². The molecule has 19 heavy (non-hydrogen) atoms. The lowest BCUT2D eigenvalue weighted by Crippen LogP contribution is -1.94. The third-order valence-electron chi connectivity index (χ3n) is 2.64. The molecule has 0 aliphatic heterocycles. The van der Waals surface area contributed by atoms with Crippen molar-refractivity contribution < 1.29 is 0 Å². The van der Waals surface area contributed by atoms with E-state index in [2.05, 4.69) is 21.2 Å². The fraction of sp³-hybridized carbons (Fsp3) is 0.0714. The molecule has 0 atom stereocenters. The van der Waals surface area contributed by atoms with Crippen molar-refractivity contribution in [3.8, 4) is 5.69 Å². The quantitative estimate of drug-likeness (QED) is 0.682. The number of hydrogen-bond acceptors (Lipinski definition) is 4. The Morgan fingerprint density at radius 2 is 1.95 bits per heavy atom. The number of aromatic nitrogens is 4. The molecule has 2 heterocycles. The van der Waals surface area contributed by atoms with Crippen LogP contribution < -0.4 is 0 Å². The second kappa shape index (κ2) is 5.67. The predicted octanol–water partition coefficient (Wildman–Crippen LogP) is 2.95. The Balaban J connectivity index is 1.78. The Bertz CT molecular complexity index is 637. The molecule has 0 fully saturated rings. The van der Waals surface area contributed by atoms with Gasteiger partial charge in [-0.1, -0.05) is 36.0 Å². The zero-order valence-electron chi connectivity index (χ0n) is 10.2. The van der Waals surface area contributed by atoms with Crippen molar-refractivity contribution in [2.45, 2.75) is 10.9 Å². The Kier molecular flexibility index (Phi) is 3.56. The highest BCUT2D eigenvalue weighted by molar-refractivity contribution is 7.98. The van der Waals surface area contributed by atoms with E-state index in [0.29, 0.717) is 0 Å². The Hall–Kier alpha value is -2.14. The number of thioether (sulfide) groups is 1. The van der Waals surface area contributed by atoms with Crippen LogP contribution in [0.4, 0.5) is 0 Å². The van der Waals surface area contributed by atoms with E-state index >= 15 is 0 Å². The van der Waals surface area contributed by atoms with Gasteiger partial charge in [-0.05, 0) is 23.8 Å². The van der Waals surface area contributed by atoms with Crippen LogP contribution in [0.5, 0.6) is 0 Å². The van der Waals surface area contributed by atoms with Gasteiger partial charge in [-0.3, -0.25) is 9.55 Å². The summed E-state index contributed by atoms with van der Waals surface area (Å²) >= 11 is 1.65. The lowest BCUT2D eigenvalue weighted by Gasteiger charge is -2.05. The van der Waals surface area contributed by atoms with Gasteiger partial charge in [0.05, 0.1) is 0 Å². The fourth-order valence-electron chi connectivity index (χ4n) is 1.72. The molecule has 5 heteroatoms. The molecule has 0 aliphatic rings. The van der Waals surface area contributed by atoms with Crippen LogP contribution >= 0.6 is 11.8 Å². The minimum Gasteiger partial charge on any atom is -0.277 e. The fourth-order valence-corrected chi connectivity index (χ4v) is 2.58. The molecule has 1 aromatic carbocycles. The Labute approximate surface area is 115 Å². The Morgan fingerprint density at radius 1 is 1.05 bits per heavy atom. The molecule has 0 bridgehead atoms. The minimum absolute atomic E-state index is 0.833. The maximum Gasteiger partial charge on any atom is 0.195 e. The average Bonchev–Trinajstić information content (AvgIpc) is 2.95. The van der Waals surface area contributed by atoms with Crippen LogP contribution in [-0.2, 0) is 5.75 Å². The first kappa shape index (κ1) is 11.9. The first-order valence-corrected chi connectivity index (χ1v) is 6.89. The average molecular weight is 268 g/mol. The van der Waals surface area contributed by atoms with E-state index in [1.54, 1.807) is 24.3 Å². The van der Waals surface area contributed by atoms with Crippen molar-refractivity contribution in [2.75, 3.05) is 0 Å². The van der Waals surface area contributed by atoms with Crippen LogP contribution in [-0.4, -0.2) is 19.7 Å². The molecular formula is C14H12N4S. The van der Waals surface area contributed by atoms with Crippen LogP contribution in [0, 0.1) is 0 Å². The second-order valence-corrected chi connectivity index (χ2v) is 4.91. The lowest BCUT2D eigenvalue weighted by atomic mass is 10.3. The molecular weight excluding hydrogens is 256 g/mol. The summed E-state index contributed by atoms with van der Waals surface area (Å²) in [5, 5.41) is 9.03. The van der Waals surface area contributed by atoms with Gasteiger partial charge in [0, 0.05) is 23.8 Å². The normalized spacial score (nSPS) is 10.5. The molecule has 3 aromatic rings. The molecule has 0 spiro atoms. The minimum atomic E-state index is 0.833. The van der Waals surface area contributed by atoms with Crippen molar-refractivity contribution in [1.82, 2.24) is 19.7 Å². The zero-order valence-corrected chi connectivity index (χ0v) is 11.0. The van der Waals surface area contributed by atoms with E-state index < -0.39 is 0 Å². The summed E-state index contributed by atoms with van der Waals surface area (Å²) in [6, 6.07) is 14.1. The van der Waals surface area contributed by atoms with Crippen molar-refractivity contribution in [2.24, 2.45) is 0 Å². The van der Waals surface area contributed by atoms with E-state index in [4.69, 9.17) is 0 Å². The first-order valence-electron chi connectivity index (χ1n) is 5.90. The summed E-state index contributed by atoms with van der Waals surface area (Å²) in [6.45, 7) is 0. The number of nitrogens with zero attached hydrogens (tertiary/aromatic N) is 4. The zero-order chi connectivity index (χ0) is 12.9. The maximum atomic E-state index is 4.16. The topological polar surface area (TPSA) is 43.6 Å². The Morgan fingerprint density at radius 3 is 2.74 bits per heavy atom. The third-order valence-corrected chi connectivity index (χ3v) is 3.66. The summed E-state index contributed by atoms with van der Waals surface area (Å²) < 4.78 is 1.99. The number of rotatable bonds is 4. The molecule has 0 radical (unpaired) electrons. The molecule has 94 valence electrons. The third kappa shape index (κ3) is 2.82. The summed E-state index contributed by atoms with van der Waals surface area (Å²) in [5.41, 5.74) is 2.25. The van der Waals surface area contributed by atoms with Crippen LogP contribution in [0.1, 0.15) is 5.56 Å². The van der Waals surface area contributed by atoms with Crippen molar-refractivity contribution >= 4 is 11.8 Å². The molecule has 0 amide bonds.